The maximum Gasteiger partial charge on any atom is 0.224 e. The Kier molecular flexibility index (Phi) is 4.20. The number of phenols is 1. The summed E-state index contributed by atoms with van der Waals surface area (Å²) in [7, 11) is 1.54. The summed E-state index contributed by atoms with van der Waals surface area (Å²) >= 11 is 0. The zero-order valence-electron chi connectivity index (χ0n) is 11.4. The summed E-state index contributed by atoms with van der Waals surface area (Å²) in [5.74, 6) is 0.562. The molecule has 1 N–H and O–H groups in total. The topological polar surface area (TPSA) is 62.7 Å². The average molecular weight is 272 g/mol. The van der Waals surface area contributed by atoms with Crippen molar-refractivity contribution in [3.05, 3.63) is 48.3 Å². The first-order valence-corrected chi connectivity index (χ1v) is 6.16. The molecule has 0 unspecified atom stereocenters. The van der Waals surface area contributed by atoms with Gasteiger partial charge in [0.2, 0.25) is 5.91 Å². The van der Waals surface area contributed by atoms with Crippen molar-refractivity contribution in [3.63, 3.8) is 0 Å². The summed E-state index contributed by atoms with van der Waals surface area (Å²) < 4.78 is 5.25. The molecule has 0 bridgehead atoms. The number of carbonyl (C=O) groups is 1. The maximum absolute atomic E-state index is 11.9. The third kappa shape index (κ3) is 2.88. The van der Waals surface area contributed by atoms with E-state index in [1.165, 1.54) is 18.9 Å². The second-order valence-electron chi connectivity index (χ2n) is 4.28. The number of para-hydroxylation sites is 1. The molecule has 0 saturated heterocycles. The van der Waals surface area contributed by atoms with Gasteiger partial charge in [-0.1, -0.05) is 18.2 Å². The lowest BCUT2D eigenvalue weighted by molar-refractivity contribution is -0.116. The predicted octanol–water partition coefficient (Wildman–Crippen LogP) is 2.35. The monoisotopic (exact) mass is 272 g/mol. The van der Waals surface area contributed by atoms with Crippen molar-refractivity contribution in [1.29, 1.82) is 0 Å². The Morgan fingerprint density at radius 2 is 2.10 bits per heavy atom. The Labute approximate surface area is 117 Å². The van der Waals surface area contributed by atoms with Gasteiger partial charge < -0.3 is 14.7 Å². The third-order valence-electron chi connectivity index (χ3n) is 2.97. The number of aromatic nitrogens is 1. The van der Waals surface area contributed by atoms with Crippen molar-refractivity contribution in [1.82, 2.24) is 4.98 Å². The number of amides is 1. The molecule has 0 aliphatic rings. The second-order valence-corrected chi connectivity index (χ2v) is 4.28. The van der Waals surface area contributed by atoms with Crippen LogP contribution in [0.4, 0.5) is 5.69 Å². The summed E-state index contributed by atoms with van der Waals surface area (Å²) in [6, 6.07) is 8.60. The van der Waals surface area contributed by atoms with E-state index in [4.69, 9.17) is 4.74 Å². The van der Waals surface area contributed by atoms with E-state index in [1.807, 2.05) is 6.07 Å². The van der Waals surface area contributed by atoms with Gasteiger partial charge in [0, 0.05) is 24.8 Å². The molecule has 104 valence electrons. The van der Waals surface area contributed by atoms with Crippen LogP contribution >= 0.6 is 0 Å². The number of aromatic hydroxyl groups is 1. The van der Waals surface area contributed by atoms with E-state index >= 15 is 0 Å². The molecule has 1 aromatic heterocycles. The number of anilines is 1. The molecular formula is C15H16N2O3. The number of methoxy groups -OCH3 is 1. The van der Waals surface area contributed by atoms with Gasteiger partial charge in [0.15, 0.2) is 0 Å². The second kappa shape index (κ2) is 6.06. The number of hydrogen-bond acceptors (Lipinski definition) is 4. The van der Waals surface area contributed by atoms with E-state index in [0.717, 1.165) is 0 Å². The quantitative estimate of drug-likeness (QED) is 0.928. The summed E-state index contributed by atoms with van der Waals surface area (Å²) in [5, 5.41) is 9.83. The fraction of sp³-hybridized carbons (Fsp3) is 0.200. The van der Waals surface area contributed by atoms with Crippen molar-refractivity contribution < 1.29 is 14.6 Å². The number of pyridine rings is 1. The van der Waals surface area contributed by atoms with Crippen molar-refractivity contribution in [2.75, 3.05) is 12.0 Å². The molecule has 1 aromatic carbocycles. The normalized spacial score (nSPS) is 10.1. The molecule has 0 aliphatic carbocycles. The molecule has 0 atom stereocenters. The molecule has 5 heteroatoms. The first-order valence-electron chi connectivity index (χ1n) is 6.16. The fourth-order valence-corrected chi connectivity index (χ4v) is 1.93. The predicted molar refractivity (Wildman–Crippen MR) is 75.8 cm³/mol. The van der Waals surface area contributed by atoms with Crippen LogP contribution in [0.1, 0.15) is 12.5 Å². The highest BCUT2D eigenvalue weighted by Gasteiger charge is 2.17. The van der Waals surface area contributed by atoms with E-state index in [2.05, 4.69) is 4.98 Å². The van der Waals surface area contributed by atoms with E-state index < -0.39 is 0 Å². The van der Waals surface area contributed by atoms with E-state index in [1.54, 1.807) is 36.7 Å². The summed E-state index contributed by atoms with van der Waals surface area (Å²) in [6.45, 7) is 1.72. The van der Waals surface area contributed by atoms with E-state index in [0.29, 0.717) is 17.0 Å². The van der Waals surface area contributed by atoms with E-state index in [9.17, 15) is 9.90 Å². The van der Waals surface area contributed by atoms with Gasteiger partial charge in [-0.3, -0.25) is 9.78 Å². The van der Waals surface area contributed by atoms with Gasteiger partial charge in [-0.15, -0.1) is 0 Å². The van der Waals surface area contributed by atoms with Gasteiger partial charge in [-0.05, 0) is 6.07 Å². The highest BCUT2D eigenvalue weighted by molar-refractivity contribution is 5.92. The molecule has 0 saturated carbocycles. The minimum Gasteiger partial charge on any atom is -0.508 e. The van der Waals surface area contributed by atoms with Crippen molar-refractivity contribution in [2.45, 2.75) is 13.5 Å². The first-order chi connectivity index (χ1) is 9.63. The molecule has 0 fully saturated rings. The lowest BCUT2D eigenvalue weighted by atomic mass is 10.1. The SMILES string of the molecule is COc1ccncc1N(Cc1ccccc1O)C(C)=O. The van der Waals surface area contributed by atoms with Gasteiger partial charge in [-0.25, -0.2) is 0 Å². The Hall–Kier alpha value is -2.56. The number of benzene rings is 1. The van der Waals surface area contributed by atoms with Gasteiger partial charge in [-0.2, -0.15) is 0 Å². The molecule has 5 nitrogen and oxygen atoms in total. The Morgan fingerprint density at radius 1 is 1.35 bits per heavy atom. The lowest BCUT2D eigenvalue weighted by Crippen LogP contribution is -2.28. The highest BCUT2D eigenvalue weighted by atomic mass is 16.5. The number of rotatable bonds is 4. The zero-order chi connectivity index (χ0) is 14.5. The lowest BCUT2D eigenvalue weighted by Gasteiger charge is -2.23. The Morgan fingerprint density at radius 3 is 2.75 bits per heavy atom. The smallest absolute Gasteiger partial charge is 0.224 e. The van der Waals surface area contributed by atoms with Crippen molar-refractivity contribution >= 4 is 11.6 Å². The van der Waals surface area contributed by atoms with Crippen LogP contribution in [0.5, 0.6) is 11.5 Å². The van der Waals surface area contributed by atoms with Crippen LogP contribution in [0.25, 0.3) is 0 Å². The van der Waals surface area contributed by atoms with Gasteiger partial charge in [0.1, 0.15) is 17.2 Å². The largest absolute Gasteiger partial charge is 0.508 e. The van der Waals surface area contributed by atoms with Crippen LogP contribution in [0.2, 0.25) is 0 Å². The molecule has 0 spiro atoms. The minimum absolute atomic E-state index is 0.153. The summed E-state index contributed by atoms with van der Waals surface area (Å²) in [4.78, 5) is 17.4. The standard InChI is InChI=1S/C15H16N2O3/c1-11(18)17(10-12-5-3-4-6-14(12)19)13-9-16-8-7-15(13)20-2/h3-9,19H,10H2,1-2H3. The third-order valence-corrected chi connectivity index (χ3v) is 2.97. The highest BCUT2D eigenvalue weighted by Crippen LogP contribution is 2.29. The Balaban J connectivity index is 2.37. The van der Waals surface area contributed by atoms with Crippen molar-refractivity contribution in [2.24, 2.45) is 0 Å². The van der Waals surface area contributed by atoms with E-state index in [-0.39, 0.29) is 18.2 Å². The zero-order valence-corrected chi connectivity index (χ0v) is 11.4. The number of carbonyl (C=O) groups excluding carboxylic acids is 1. The number of phenolic OH excluding ortho intramolecular Hbond substituents is 1. The summed E-state index contributed by atoms with van der Waals surface area (Å²) in [5.41, 5.74) is 1.24. The average Bonchev–Trinajstić information content (AvgIpc) is 2.46. The van der Waals surface area contributed by atoms with Gasteiger partial charge in [0.05, 0.1) is 19.9 Å². The molecule has 2 rings (SSSR count). The first kappa shape index (κ1) is 13.9. The molecule has 1 amide bonds. The van der Waals surface area contributed by atoms with Crippen molar-refractivity contribution in [3.8, 4) is 11.5 Å². The molecular weight excluding hydrogens is 256 g/mol. The molecule has 2 aromatic rings. The summed E-state index contributed by atoms with van der Waals surface area (Å²) in [6.07, 6.45) is 3.17. The Bertz CT molecular complexity index is 614. The molecule has 0 radical (unpaired) electrons. The van der Waals surface area contributed by atoms with Crippen LogP contribution in [0, 0.1) is 0 Å². The van der Waals surface area contributed by atoms with Crippen LogP contribution in [0.15, 0.2) is 42.7 Å². The molecule has 0 aliphatic heterocycles. The van der Waals surface area contributed by atoms with Crippen LogP contribution in [0.3, 0.4) is 0 Å². The number of hydrogen-bond donors (Lipinski definition) is 1. The minimum atomic E-state index is -0.153. The van der Waals surface area contributed by atoms with Gasteiger partial charge in [0.25, 0.3) is 0 Å². The van der Waals surface area contributed by atoms with Gasteiger partial charge >= 0.3 is 0 Å². The molecule has 1 heterocycles. The maximum atomic E-state index is 11.9. The number of ether oxygens (including phenoxy) is 1. The number of nitrogens with zero attached hydrogens (tertiary/aromatic N) is 2. The molecule has 20 heavy (non-hydrogen) atoms. The van der Waals surface area contributed by atoms with Crippen LogP contribution < -0.4 is 9.64 Å². The fourth-order valence-electron chi connectivity index (χ4n) is 1.93. The van der Waals surface area contributed by atoms with Crippen LogP contribution in [-0.4, -0.2) is 23.1 Å². The van der Waals surface area contributed by atoms with Crippen LogP contribution in [-0.2, 0) is 11.3 Å².